The van der Waals surface area contributed by atoms with Crippen molar-refractivity contribution in [1.29, 1.82) is 0 Å². The number of rotatable bonds is 2. The SMILES string of the molecule is Cc1cc(C(=O)C2OCCC2C)c(C)cc1Br. The van der Waals surface area contributed by atoms with Crippen LogP contribution in [0.1, 0.15) is 34.8 Å². The van der Waals surface area contributed by atoms with E-state index in [9.17, 15) is 4.79 Å². The van der Waals surface area contributed by atoms with E-state index in [0.29, 0.717) is 12.5 Å². The summed E-state index contributed by atoms with van der Waals surface area (Å²) in [6.07, 6.45) is 0.722. The van der Waals surface area contributed by atoms with Crippen LogP contribution in [0.15, 0.2) is 16.6 Å². The highest BCUT2D eigenvalue weighted by molar-refractivity contribution is 9.10. The van der Waals surface area contributed by atoms with E-state index < -0.39 is 0 Å². The van der Waals surface area contributed by atoms with E-state index in [-0.39, 0.29) is 11.9 Å². The monoisotopic (exact) mass is 296 g/mol. The first-order valence-electron chi connectivity index (χ1n) is 5.93. The van der Waals surface area contributed by atoms with Gasteiger partial charge in [0.15, 0.2) is 5.78 Å². The molecule has 0 aliphatic carbocycles. The van der Waals surface area contributed by atoms with E-state index in [2.05, 4.69) is 22.9 Å². The highest BCUT2D eigenvalue weighted by atomic mass is 79.9. The standard InChI is InChI=1S/C14H17BrO2/c1-8-4-5-17-14(8)13(16)11-6-10(3)12(15)7-9(11)2/h6-8,14H,4-5H2,1-3H3. The Morgan fingerprint density at radius 1 is 1.35 bits per heavy atom. The van der Waals surface area contributed by atoms with E-state index in [0.717, 1.165) is 27.6 Å². The van der Waals surface area contributed by atoms with E-state index >= 15 is 0 Å². The topological polar surface area (TPSA) is 26.3 Å². The number of hydrogen-bond acceptors (Lipinski definition) is 2. The summed E-state index contributed by atoms with van der Waals surface area (Å²) in [4.78, 5) is 12.4. The normalized spacial score (nSPS) is 24.0. The average Bonchev–Trinajstić information content (AvgIpc) is 2.69. The Morgan fingerprint density at radius 2 is 2.06 bits per heavy atom. The van der Waals surface area contributed by atoms with E-state index in [1.54, 1.807) is 0 Å². The van der Waals surface area contributed by atoms with E-state index in [4.69, 9.17) is 4.74 Å². The lowest BCUT2D eigenvalue weighted by atomic mass is 9.93. The van der Waals surface area contributed by atoms with Crippen LogP contribution in [-0.2, 0) is 4.74 Å². The number of carbonyl (C=O) groups excluding carboxylic acids is 1. The van der Waals surface area contributed by atoms with Crippen LogP contribution in [0, 0.1) is 19.8 Å². The molecular weight excluding hydrogens is 280 g/mol. The summed E-state index contributed by atoms with van der Waals surface area (Å²) in [5.74, 6) is 0.453. The van der Waals surface area contributed by atoms with Gasteiger partial charge in [-0.2, -0.15) is 0 Å². The quantitative estimate of drug-likeness (QED) is 0.778. The number of aryl methyl sites for hydroxylation is 2. The molecule has 17 heavy (non-hydrogen) atoms. The minimum Gasteiger partial charge on any atom is -0.370 e. The van der Waals surface area contributed by atoms with Gasteiger partial charge < -0.3 is 4.74 Å². The second-order valence-corrected chi connectivity index (χ2v) is 5.69. The summed E-state index contributed by atoms with van der Waals surface area (Å²) in [5.41, 5.74) is 2.89. The lowest BCUT2D eigenvalue weighted by Crippen LogP contribution is -2.26. The summed E-state index contributed by atoms with van der Waals surface area (Å²) in [6.45, 7) is 6.75. The smallest absolute Gasteiger partial charge is 0.192 e. The van der Waals surface area contributed by atoms with Crippen LogP contribution in [0.2, 0.25) is 0 Å². The number of ketones is 1. The third-order valence-corrected chi connectivity index (χ3v) is 4.27. The number of Topliss-reactive ketones (excluding diaryl/α,β-unsaturated/α-hetero) is 1. The summed E-state index contributed by atoms with van der Waals surface area (Å²) in [7, 11) is 0. The maximum absolute atomic E-state index is 12.4. The molecule has 2 unspecified atom stereocenters. The van der Waals surface area contributed by atoms with Crippen molar-refractivity contribution in [3.63, 3.8) is 0 Å². The number of carbonyl (C=O) groups is 1. The van der Waals surface area contributed by atoms with Crippen LogP contribution in [-0.4, -0.2) is 18.5 Å². The predicted molar refractivity (Wildman–Crippen MR) is 71.5 cm³/mol. The van der Waals surface area contributed by atoms with Gasteiger partial charge in [0.25, 0.3) is 0 Å². The molecular formula is C14H17BrO2. The first kappa shape index (κ1) is 12.8. The van der Waals surface area contributed by atoms with Crippen molar-refractivity contribution in [2.75, 3.05) is 6.61 Å². The van der Waals surface area contributed by atoms with Gasteiger partial charge in [-0.3, -0.25) is 4.79 Å². The van der Waals surface area contributed by atoms with Gasteiger partial charge in [-0.05, 0) is 49.4 Å². The molecule has 1 heterocycles. The lowest BCUT2D eigenvalue weighted by molar-refractivity contribution is 0.0578. The van der Waals surface area contributed by atoms with Crippen molar-refractivity contribution in [3.05, 3.63) is 33.3 Å². The van der Waals surface area contributed by atoms with Crippen molar-refractivity contribution in [1.82, 2.24) is 0 Å². The maximum Gasteiger partial charge on any atom is 0.192 e. The van der Waals surface area contributed by atoms with Gasteiger partial charge in [-0.15, -0.1) is 0 Å². The highest BCUT2D eigenvalue weighted by Crippen LogP contribution is 2.27. The number of hydrogen-bond donors (Lipinski definition) is 0. The van der Waals surface area contributed by atoms with Crippen molar-refractivity contribution in [2.24, 2.45) is 5.92 Å². The summed E-state index contributed by atoms with van der Waals surface area (Å²) in [5, 5.41) is 0. The van der Waals surface area contributed by atoms with Crippen LogP contribution in [0.25, 0.3) is 0 Å². The van der Waals surface area contributed by atoms with Gasteiger partial charge in [-0.25, -0.2) is 0 Å². The van der Waals surface area contributed by atoms with Crippen LogP contribution in [0.3, 0.4) is 0 Å². The van der Waals surface area contributed by atoms with Gasteiger partial charge in [0.2, 0.25) is 0 Å². The van der Waals surface area contributed by atoms with Crippen LogP contribution >= 0.6 is 15.9 Å². The van der Waals surface area contributed by atoms with E-state index in [1.165, 1.54) is 0 Å². The molecule has 2 atom stereocenters. The predicted octanol–water partition coefficient (Wildman–Crippen LogP) is 3.67. The first-order valence-corrected chi connectivity index (χ1v) is 6.72. The van der Waals surface area contributed by atoms with E-state index in [1.807, 2.05) is 26.0 Å². The molecule has 0 spiro atoms. The van der Waals surface area contributed by atoms with Crippen molar-refractivity contribution < 1.29 is 9.53 Å². The Morgan fingerprint density at radius 3 is 2.65 bits per heavy atom. The van der Waals surface area contributed by atoms with Crippen LogP contribution < -0.4 is 0 Å². The fourth-order valence-corrected chi connectivity index (χ4v) is 2.69. The average molecular weight is 297 g/mol. The van der Waals surface area contributed by atoms with Gasteiger partial charge in [0.1, 0.15) is 6.10 Å². The molecule has 0 saturated carbocycles. The fraction of sp³-hybridized carbons (Fsp3) is 0.500. The van der Waals surface area contributed by atoms with Gasteiger partial charge in [0.05, 0.1) is 0 Å². The fourth-order valence-electron chi connectivity index (χ4n) is 2.23. The molecule has 1 fully saturated rings. The molecule has 1 aromatic carbocycles. The minimum atomic E-state index is -0.255. The second kappa shape index (κ2) is 4.91. The molecule has 0 N–H and O–H groups in total. The maximum atomic E-state index is 12.4. The molecule has 0 bridgehead atoms. The molecule has 1 aliphatic heterocycles. The largest absolute Gasteiger partial charge is 0.370 e. The Labute approximate surface area is 110 Å². The number of halogens is 1. The van der Waals surface area contributed by atoms with Crippen LogP contribution in [0.5, 0.6) is 0 Å². The van der Waals surface area contributed by atoms with Gasteiger partial charge in [-0.1, -0.05) is 22.9 Å². The Kier molecular flexibility index (Phi) is 3.69. The molecule has 0 aromatic heterocycles. The zero-order chi connectivity index (χ0) is 12.6. The second-order valence-electron chi connectivity index (χ2n) is 4.84. The van der Waals surface area contributed by atoms with Crippen molar-refractivity contribution in [2.45, 2.75) is 33.3 Å². The first-order chi connectivity index (χ1) is 8.00. The summed E-state index contributed by atoms with van der Waals surface area (Å²) in [6, 6.07) is 3.96. The van der Waals surface area contributed by atoms with Crippen molar-refractivity contribution >= 4 is 21.7 Å². The minimum absolute atomic E-state index is 0.128. The molecule has 1 aromatic rings. The lowest BCUT2D eigenvalue weighted by Gasteiger charge is -2.15. The third kappa shape index (κ3) is 2.45. The Hall–Kier alpha value is -0.670. The molecule has 1 aliphatic rings. The Balaban J connectivity index is 2.34. The van der Waals surface area contributed by atoms with Gasteiger partial charge >= 0.3 is 0 Å². The number of benzene rings is 1. The molecule has 0 amide bonds. The Bertz CT molecular complexity index is 454. The molecule has 92 valence electrons. The highest BCUT2D eigenvalue weighted by Gasteiger charge is 2.32. The molecule has 1 saturated heterocycles. The van der Waals surface area contributed by atoms with Gasteiger partial charge in [0, 0.05) is 16.6 Å². The zero-order valence-electron chi connectivity index (χ0n) is 10.4. The third-order valence-electron chi connectivity index (χ3n) is 3.42. The zero-order valence-corrected chi connectivity index (χ0v) is 12.0. The molecule has 0 radical (unpaired) electrons. The molecule has 3 heteroatoms. The summed E-state index contributed by atoms with van der Waals surface area (Å²) >= 11 is 3.48. The molecule has 2 rings (SSSR count). The van der Waals surface area contributed by atoms with Crippen LogP contribution in [0.4, 0.5) is 0 Å². The summed E-state index contributed by atoms with van der Waals surface area (Å²) < 4.78 is 6.59. The molecule has 2 nitrogen and oxygen atoms in total. The number of ether oxygens (including phenoxy) is 1. The van der Waals surface area contributed by atoms with Crippen molar-refractivity contribution in [3.8, 4) is 0 Å².